The van der Waals surface area contributed by atoms with E-state index in [1.165, 1.54) is 12.1 Å². The maximum absolute atomic E-state index is 13.9. The fourth-order valence-corrected chi connectivity index (χ4v) is 4.66. The quantitative estimate of drug-likeness (QED) is 0.285. The Morgan fingerprint density at radius 2 is 1.86 bits per heavy atom. The molecule has 3 rings (SSSR count). The van der Waals surface area contributed by atoms with Gasteiger partial charge >= 0.3 is 5.97 Å². The molecule has 36 heavy (non-hydrogen) atoms. The molecule has 0 saturated carbocycles. The van der Waals surface area contributed by atoms with Gasteiger partial charge < -0.3 is 14.7 Å². The van der Waals surface area contributed by atoms with Gasteiger partial charge in [-0.3, -0.25) is 14.3 Å². The zero-order valence-corrected chi connectivity index (χ0v) is 21.4. The molecule has 1 unspecified atom stereocenters. The largest absolute Gasteiger partial charge is 0.481 e. The van der Waals surface area contributed by atoms with Crippen LogP contribution in [0.15, 0.2) is 54.6 Å². The maximum Gasteiger partial charge on any atom is 0.305 e. The summed E-state index contributed by atoms with van der Waals surface area (Å²) in [4.78, 5) is 15.6. The molecule has 0 fully saturated rings. The third kappa shape index (κ3) is 7.35. The molecule has 2 atom stereocenters. The Morgan fingerprint density at radius 1 is 1.14 bits per heavy atom. The Kier molecular flexibility index (Phi) is 9.55. The second-order valence-electron chi connectivity index (χ2n) is 8.71. The molecule has 1 heterocycles. The Labute approximate surface area is 211 Å². The molecule has 0 bridgehead atoms. The van der Waals surface area contributed by atoms with E-state index < -0.39 is 26.5 Å². The Morgan fingerprint density at radius 3 is 2.50 bits per heavy atom. The van der Waals surface area contributed by atoms with Gasteiger partial charge in [-0.2, -0.15) is 0 Å². The van der Waals surface area contributed by atoms with Crippen molar-refractivity contribution in [2.75, 3.05) is 12.8 Å². The normalized spacial score (nSPS) is 12.6. The van der Waals surface area contributed by atoms with Gasteiger partial charge in [-0.25, -0.2) is 4.39 Å². The van der Waals surface area contributed by atoms with E-state index >= 15 is 0 Å². The van der Waals surface area contributed by atoms with Crippen molar-refractivity contribution in [3.63, 3.8) is 0 Å². The molecule has 1 aromatic heterocycles. The van der Waals surface area contributed by atoms with Crippen molar-refractivity contribution < 1.29 is 28.5 Å². The first kappa shape index (κ1) is 27.3. The summed E-state index contributed by atoms with van der Waals surface area (Å²) in [5.74, 6) is 4.53. The van der Waals surface area contributed by atoms with E-state index in [4.69, 9.17) is 14.6 Å². The van der Waals surface area contributed by atoms with Crippen molar-refractivity contribution >= 4 is 14.0 Å². The van der Waals surface area contributed by atoms with Crippen LogP contribution < -0.4 is 0 Å². The summed E-state index contributed by atoms with van der Waals surface area (Å²) < 4.78 is 31.2. The minimum Gasteiger partial charge on any atom is -0.481 e. The average Bonchev–Trinajstić information content (AvgIpc) is 2.81. The van der Waals surface area contributed by atoms with Gasteiger partial charge in [0.15, 0.2) is 8.03 Å². The molecule has 188 valence electrons. The molecule has 0 aliphatic rings. The molecule has 0 aliphatic heterocycles. The van der Waals surface area contributed by atoms with Gasteiger partial charge in [0.2, 0.25) is 0 Å². The second-order valence-corrected chi connectivity index (χ2v) is 10.2. The molecule has 0 spiro atoms. The maximum atomic E-state index is 13.9. The summed E-state index contributed by atoms with van der Waals surface area (Å²) in [6.07, 6.45) is -1.98. The topological polar surface area (TPSA) is 96.7 Å². The number of hydrogen-bond acceptors (Lipinski definition) is 5. The van der Waals surface area contributed by atoms with Crippen molar-refractivity contribution in [2.24, 2.45) is 0 Å². The number of carbonyl (C=O) groups is 1. The molecular formula is C28H29FNO5P. The Balaban J connectivity index is 2.00. The highest BCUT2D eigenvalue weighted by molar-refractivity contribution is 7.39. The third-order valence-electron chi connectivity index (χ3n) is 5.47. The minimum absolute atomic E-state index is 0.0312. The van der Waals surface area contributed by atoms with Crippen LogP contribution in [0.4, 0.5) is 4.39 Å². The highest BCUT2D eigenvalue weighted by Crippen LogP contribution is 2.34. The van der Waals surface area contributed by atoms with E-state index in [1.54, 1.807) is 6.07 Å². The number of aliphatic hydroxyl groups is 1. The number of halogens is 1. The SMILES string of the molecule is Cc1cc(F)ccc1-c1cc(-c2ccccc2)nc(C(C)C)c1C#CCO[PH](=O)C[C@@H](O)CC(=O)O. The summed E-state index contributed by atoms with van der Waals surface area (Å²) in [5, 5.41) is 18.4. The smallest absolute Gasteiger partial charge is 0.305 e. The van der Waals surface area contributed by atoms with Gasteiger partial charge in [0.05, 0.1) is 29.5 Å². The lowest BCUT2D eigenvalue weighted by molar-refractivity contribution is -0.138. The highest BCUT2D eigenvalue weighted by Gasteiger charge is 2.18. The third-order valence-corrected chi connectivity index (χ3v) is 6.74. The molecule has 2 aromatic carbocycles. The zero-order chi connectivity index (χ0) is 26.2. The number of benzene rings is 2. The van der Waals surface area contributed by atoms with Crippen LogP contribution in [0.25, 0.3) is 22.4 Å². The van der Waals surface area contributed by atoms with Crippen LogP contribution in [0, 0.1) is 24.6 Å². The number of rotatable bonds is 9. The number of carboxylic acid groups (broad SMARTS) is 1. The van der Waals surface area contributed by atoms with Gasteiger partial charge in [0.25, 0.3) is 0 Å². The summed E-state index contributed by atoms with van der Waals surface area (Å²) in [5.41, 5.74) is 5.56. The lowest BCUT2D eigenvalue weighted by atomic mass is 9.91. The summed E-state index contributed by atoms with van der Waals surface area (Å²) in [6.45, 7) is 5.72. The molecule has 2 N–H and O–H groups in total. The standard InChI is InChI=1S/C28H29FNO5P/c1-18(2)28-24(10-7-13-35-36(34)17-22(31)15-27(32)33)25(23-12-11-21(29)14-19(23)3)16-26(30-28)20-8-5-4-6-9-20/h4-6,8-9,11-12,14,16,18,22,31,36H,13,15,17H2,1-3H3,(H,32,33)/t22-/m0/s1. The van der Waals surface area contributed by atoms with E-state index in [-0.39, 0.29) is 24.5 Å². The number of nitrogens with zero attached hydrogens (tertiary/aromatic N) is 1. The molecule has 0 saturated heterocycles. The van der Waals surface area contributed by atoms with Crippen LogP contribution in [0.3, 0.4) is 0 Å². The molecule has 6 nitrogen and oxygen atoms in total. The van der Waals surface area contributed by atoms with Crippen molar-refractivity contribution in [2.45, 2.75) is 39.2 Å². The molecule has 0 amide bonds. The first-order valence-electron chi connectivity index (χ1n) is 11.6. The van der Waals surface area contributed by atoms with Gasteiger partial charge in [-0.1, -0.05) is 62.1 Å². The number of hydrogen-bond donors (Lipinski definition) is 2. The van der Waals surface area contributed by atoms with Crippen LogP contribution in [0.5, 0.6) is 0 Å². The first-order chi connectivity index (χ1) is 17.2. The molecule has 8 heteroatoms. The number of aliphatic carboxylic acids is 1. The number of aromatic nitrogens is 1. The van der Waals surface area contributed by atoms with Crippen LogP contribution in [-0.4, -0.2) is 40.0 Å². The summed E-state index contributed by atoms with van der Waals surface area (Å²) >= 11 is 0. The van der Waals surface area contributed by atoms with Gasteiger partial charge in [-0.15, -0.1) is 0 Å². The number of pyridine rings is 1. The lowest BCUT2D eigenvalue weighted by Crippen LogP contribution is -2.15. The Bertz CT molecular complexity index is 1310. The van der Waals surface area contributed by atoms with E-state index in [1.807, 2.05) is 57.2 Å². The number of carboxylic acids is 1. The predicted octanol–water partition coefficient (Wildman–Crippen LogP) is 5.66. The van der Waals surface area contributed by atoms with E-state index in [0.717, 1.165) is 33.6 Å². The summed E-state index contributed by atoms with van der Waals surface area (Å²) in [7, 11) is -2.65. The molecule has 3 aromatic rings. The fourth-order valence-electron chi connectivity index (χ4n) is 3.78. The number of aryl methyl sites for hydroxylation is 1. The average molecular weight is 510 g/mol. The van der Waals surface area contributed by atoms with Crippen LogP contribution >= 0.6 is 8.03 Å². The second kappa shape index (κ2) is 12.6. The monoisotopic (exact) mass is 509 g/mol. The van der Waals surface area contributed by atoms with Gasteiger partial charge in [0, 0.05) is 17.3 Å². The Hall–Kier alpha value is -3.30. The van der Waals surface area contributed by atoms with E-state index in [9.17, 15) is 18.9 Å². The number of aliphatic hydroxyl groups excluding tert-OH is 1. The van der Waals surface area contributed by atoms with Gasteiger partial charge in [-0.05, 0) is 42.2 Å². The van der Waals surface area contributed by atoms with Crippen molar-refractivity contribution in [1.29, 1.82) is 0 Å². The van der Waals surface area contributed by atoms with Crippen LogP contribution in [0.2, 0.25) is 0 Å². The summed E-state index contributed by atoms with van der Waals surface area (Å²) in [6, 6.07) is 16.3. The first-order valence-corrected chi connectivity index (χ1v) is 13.1. The molecule has 0 aliphatic carbocycles. The van der Waals surface area contributed by atoms with E-state index in [2.05, 4.69) is 11.8 Å². The minimum atomic E-state index is -2.65. The predicted molar refractivity (Wildman–Crippen MR) is 139 cm³/mol. The molecule has 0 radical (unpaired) electrons. The van der Waals surface area contributed by atoms with Gasteiger partial charge in [0.1, 0.15) is 12.4 Å². The van der Waals surface area contributed by atoms with Crippen molar-refractivity contribution in [3.05, 3.63) is 77.2 Å². The fraction of sp³-hybridized carbons (Fsp3) is 0.286. The van der Waals surface area contributed by atoms with Crippen LogP contribution in [-0.2, 0) is 13.9 Å². The zero-order valence-electron chi connectivity index (χ0n) is 20.4. The lowest BCUT2D eigenvalue weighted by Gasteiger charge is -2.17. The van der Waals surface area contributed by atoms with E-state index in [0.29, 0.717) is 5.56 Å². The highest BCUT2D eigenvalue weighted by atomic mass is 31.1. The van der Waals surface area contributed by atoms with Crippen molar-refractivity contribution in [3.8, 4) is 34.2 Å². The molecular weight excluding hydrogens is 480 g/mol. The van der Waals surface area contributed by atoms with Crippen LogP contribution in [0.1, 0.15) is 43.0 Å². The van der Waals surface area contributed by atoms with Crippen molar-refractivity contribution in [1.82, 2.24) is 4.98 Å².